The van der Waals surface area contributed by atoms with E-state index in [1.54, 1.807) is 0 Å². The number of benzene rings is 1. The highest BCUT2D eigenvalue weighted by Gasteiger charge is 2.28. The number of tetrazole rings is 1. The van der Waals surface area contributed by atoms with Crippen LogP contribution in [0.1, 0.15) is 24.8 Å². The maximum Gasteiger partial charge on any atom is 0.237 e. The third-order valence-electron chi connectivity index (χ3n) is 3.78. The van der Waals surface area contributed by atoms with Gasteiger partial charge in [0.25, 0.3) is 0 Å². The standard InChI is InChI=1S/C14H12N6O3S/c1-4-10-11(22-7-21-10)5-8(1)13-15-12(23-17-13)6-24-14-16-18-19-20(14)9-2-3-9/h1,4-5,9H,2-3,6-7H2. The SMILES string of the molecule is c1cc2c(cc1-c1noc(CSc3nnnn3C3CC3)n1)OCO2. The smallest absolute Gasteiger partial charge is 0.237 e. The Morgan fingerprint density at radius 2 is 2.12 bits per heavy atom. The molecule has 0 bridgehead atoms. The Kier molecular flexibility index (Phi) is 3.15. The van der Waals surface area contributed by atoms with Gasteiger partial charge in [-0.2, -0.15) is 4.98 Å². The van der Waals surface area contributed by atoms with Crippen molar-refractivity contribution in [1.29, 1.82) is 0 Å². The molecule has 2 aliphatic rings. The minimum Gasteiger partial charge on any atom is -0.454 e. The van der Waals surface area contributed by atoms with Gasteiger partial charge in [0, 0.05) is 5.56 Å². The van der Waals surface area contributed by atoms with E-state index in [0.717, 1.165) is 29.3 Å². The Bertz CT molecular complexity index is 890. The van der Waals surface area contributed by atoms with Crippen LogP contribution in [0.2, 0.25) is 0 Å². The van der Waals surface area contributed by atoms with E-state index in [9.17, 15) is 0 Å². The van der Waals surface area contributed by atoms with Crippen LogP contribution in [0, 0.1) is 0 Å². The first-order valence-corrected chi connectivity index (χ1v) is 8.49. The maximum absolute atomic E-state index is 5.37. The molecular weight excluding hydrogens is 332 g/mol. The van der Waals surface area contributed by atoms with Crippen molar-refractivity contribution in [2.75, 3.05) is 6.79 Å². The highest BCUT2D eigenvalue weighted by Crippen LogP contribution is 2.37. The van der Waals surface area contributed by atoms with Crippen LogP contribution in [0.15, 0.2) is 27.9 Å². The molecule has 2 aromatic heterocycles. The van der Waals surface area contributed by atoms with Crippen LogP contribution in [-0.4, -0.2) is 37.1 Å². The van der Waals surface area contributed by atoms with E-state index in [1.807, 2.05) is 22.9 Å². The van der Waals surface area contributed by atoms with Crippen LogP contribution in [0.3, 0.4) is 0 Å². The highest BCUT2D eigenvalue weighted by molar-refractivity contribution is 7.98. The zero-order chi connectivity index (χ0) is 15.9. The van der Waals surface area contributed by atoms with Crippen molar-refractivity contribution in [2.45, 2.75) is 29.8 Å². The lowest BCUT2D eigenvalue weighted by atomic mass is 10.2. The summed E-state index contributed by atoms with van der Waals surface area (Å²) in [5.74, 6) is 2.98. The highest BCUT2D eigenvalue weighted by atomic mass is 32.2. The van der Waals surface area contributed by atoms with Crippen molar-refractivity contribution in [3.8, 4) is 22.9 Å². The minimum atomic E-state index is 0.239. The zero-order valence-corrected chi connectivity index (χ0v) is 13.3. The summed E-state index contributed by atoms with van der Waals surface area (Å²) in [5, 5.41) is 16.6. The van der Waals surface area contributed by atoms with E-state index in [0.29, 0.717) is 29.3 Å². The molecule has 1 aromatic carbocycles. The first kappa shape index (κ1) is 13.8. The molecule has 24 heavy (non-hydrogen) atoms. The largest absolute Gasteiger partial charge is 0.454 e. The van der Waals surface area contributed by atoms with Gasteiger partial charge in [0.1, 0.15) is 0 Å². The van der Waals surface area contributed by atoms with Gasteiger partial charge in [-0.15, -0.1) is 5.10 Å². The molecule has 1 fully saturated rings. The molecule has 0 saturated heterocycles. The Labute approximate surface area is 140 Å². The van der Waals surface area contributed by atoms with Gasteiger partial charge in [-0.05, 0) is 41.5 Å². The summed E-state index contributed by atoms with van der Waals surface area (Å²) in [7, 11) is 0. The molecule has 122 valence electrons. The fourth-order valence-electron chi connectivity index (χ4n) is 2.42. The number of fused-ring (bicyclic) bond motifs is 1. The minimum absolute atomic E-state index is 0.239. The van der Waals surface area contributed by atoms with Crippen LogP contribution in [0.4, 0.5) is 0 Å². The number of hydrogen-bond acceptors (Lipinski definition) is 9. The van der Waals surface area contributed by atoms with E-state index in [-0.39, 0.29) is 6.79 Å². The van der Waals surface area contributed by atoms with Gasteiger partial charge in [0.15, 0.2) is 11.5 Å². The molecular formula is C14H12N6O3S. The molecule has 3 aromatic rings. The Balaban J connectivity index is 1.31. The zero-order valence-electron chi connectivity index (χ0n) is 12.5. The number of thioether (sulfide) groups is 1. The second-order valence-corrected chi connectivity index (χ2v) is 6.45. The van der Waals surface area contributed by atoms with Gasteiger partial charge < -0.3 is 14.0 Å². The summed E-state index contributed by atoms with van der Waals surface area (Å²) in [6.45, 7) is 0.239. The molecule has 0 unspecified atom stereocenters. The number of ether oxygens (including phenoxy) is 2. The molecule has 10 heteroatoms. The molecule has 1 aliphatic carbocycles. The van der Waals surface area contributed by atoms with Crippen molar-refractivity contribution in [3.05, 3.63) is 24.1 Å². The molecule has 0 amide bonds. The molecule has 1 saturated carbocycles. The summed E-state index contributed by atoms with van der Waals surface area (Å²) in [6.07, 6.45) is 2.26. The van der Waals surface area contributed by atoms with Gasteiger partial charge in [-0.1, -0.05) is 16.9 Å². The molecule has 9 nitrogen and oxygen atoms in total. The van der Waals surface area contributed by atoms with Gasteiger partial charge in [0.05, 0.1) is 11.8 Å². The lowest BCUT2D eigenvalue weighted by molar-refractivity contribution is 0.174. The quantitative estimate of drug-likeness (QED) is 0.644. The predicted molar refractivity (Wildman–Crippen MR) is 81.5 cm³/mol. The second kappa shape index (κ2) is 5.48. The van der Waals surface area contributed by atoms with Gasteiger partial charge in [-0.25, -0.2) is 4.68 Å². The first-order chi connectivity index (χ1) is 11.9. The molecule has 1 aliphatic heterocycles. The van der Waals surface area contributed by atoms with Crippen molar-refractivity contribution in [3.63, 3.8) is 0 Å². The topological polar surface area (TPSA) is 101 Å². The van der Waals surface area contributed by atoms with Gasteiger partial charge in [0.2, 0.25) is 23.7 Å². The number of aromatic nitrogens is 6. The molecule has 3 heterocycles. The lowest BCUT2D eigenvalue weighted by Gasteiger charge is -1.99. The van der Waals surface area contributed by atoms with Crippen molar-refractivity contribution in [2.24, 2.45) is 0 Å². The summed E-state index contributed by atoms with van der Waals surface area (Å²) in [6, 6.07) is 6.00. The Hall–Kier alpha value is -2.62. The monoisotopic (exact) mass is 344 g/mol. The second-order valence-electron chi connectivity index (χ2n) is 5.51. The van der Waals surface area contributed by atoms with Crippen LogP contribution < -0.4 is 9.47 Å². The summed E-state index contributed by atoms with van der Waals surface area (Å²) in [5.41, 5.74) is 0.821. The average Bonchev–Trinajstić information content (AvgIpc) is 3.05. The van der Waals surface area contributed by atoms with E-state index < -0.39 is 0 Å². The van der Waals surface area contributed by atoms with Crippen LogP contribution in [0.5, 0.6) is 11.5 Å². The van der Waals surface area contributed by atoms with Gasteiger partial charge in [-0.3, -0.25) is 0 Å². The fraction of sp³-hybridized carbons (Fsp3) is 0.357. The predicted octanol–water partition coefficient (Wildman–Crippen LogP) is 2.08. The molecule has 0 spiro atoms. The molecule has 0 atom stereocenters. The third-order valence-corrected chi connectivity index (χ3v) is 4.70. The molecule has 5 rings (SSSR count). The summed E-state index contributed by atoms with van der Waals surface area (Å²) >= 11 is 1.49. The van der Waals surface area contributed by atoms with E-state index in [1.165, 1.54) is 11.8 Å². The number of hydrogen-bond donors (Lipinski definition) is 0. The average molecular weight is 344 g/mol. The Morgan fingerprint density at radius 1 is 1.21 bits per heavy atom. The van der Waals surface area contributed by atoms with E-state index in [2.05, 4.69) is 25.7 Å². The summed E-state index contributed by atoms with van der Waals surface area (Å²) < 4.78 is 17.8. The molecule has 0 radical (unpaired) electrons. The number of nitrogens with zero attached hydrogens (tertiary/aromatic N) is 6. The van der Waals surface area contributed by atoms with Crippen LogP contribution in [-0.2, 0) is 5.75 Å². The van der Waals surface area contributed by atoms with Crippen LogP contribution >= 0.6 is 11.8 Å². The van der Waals surface area contributed by atoms with Crippen LogP contribution in [0.25, 0.3) is 11.4 Å². The van der Waals surface area contributed by atoms with Crippen molar-refractivity contribution >= 4 is 11.8 Å². The van der Waals surface area contributed by atoms with Gasteiger partial charge >= 0.3 is 0 Å². The lowest BCUT2D eigenvalue weighted by Crippen LogP contribution is -1.98. The normalized spacial score (nSPS) is 15.8. The number of rotatable bonds is 5. The maximum atomic E-state index is 5.37. The Morgan fingerprint density at radius 3 is 3.04 bits per heavy atom. The van der Waals surface area contributed by atoms with Crippen molar-refractivity contribution in [1.82, 2.24) is 30.3 Å². The third kappa shape index (κ3) is 2.48. The summed E-state index contributed by atoms with van der Waals surface area (Å²) in [4.78, 5) is 4.42. The van der Waals surface area contributed by atoms with Crippen molar-refractivity contribution < 1.29 is 14.0 Å². The fourth-order valence-corrected chi connectivity index (χ4v) is 3.20. The molecule has 0 N–H and O–H groups in total. The van der Waals surface area contributed by atoms with E-state index >= 15 is 0 Å². The van der Waals surface area contributed by atoms with E-state index in [4.69, 9.17) is 14.0 Å². The first-order valence-electron chi connectivity index (χ1n) is 7.50.